The Bertz CT molecular complexity index is 735. The highest BCUT2D eigenvalue weighted by Crippen LogP contribution is 2.17. The van der Waals surface area contributed by atoms with Crippen LogP contribution in [0.25, 0.3) is 11.0 Å². The molecule has 0 aliphatic rings. The number of hydrogen-bond acceptors (Lipinski definition) is 3. The minimum Gasteiger partial charge on any atom is -0.342 e. The number of rotatable bonds is 8. The lowest BCUT2D eigenvalue weighted by atomic mass is 10.2. The summed E-state index contributed by atoms with van der Waals surface area (Å²) in [5, 5.41) is 8.51. The largest absolute Gasteiger partial charge is 0.342 e. The number of benzene rings is 1. The molecule has 3 aromatic rings. The van der Waals surface area contributed by atoms with Crippen LogP contribution in [0.1, 0.15) is 25.6 Å². The van der Waals surface area contributed by atoms with Crippen LogP contribution in [-0.2, 0) is 13.0 Å². The van der Waals surface area contributed by atoms with E-state index >= 15 is 0 Å². The standard InChI is InChI=1S/C17H22ClN5/c1-13(7-11-23-10-3-9-20-23)19-8-2-4-17-21-15-6-5-14(18)12-16(15)22-17/h3,5-6,9-10,12-13,19H,2,4,7-8,11H2,1H3,(H,21,22)/t13-/m1/s1. The maximum atomic E-state index is 5.99. The first-order chi connectivity index (χ1) is 11.2. The van der Waals surface area contributed by atoms with Crippen molar-refractivity contribution in [1.29, 1.82) is 0 Å². The molecule has 1 atom stereocenters. The van der Waals surface area contributed by atoms with Gasteiger partial charge in [0.15, 0.2) is 0 Å². The van der Waals surface area contributed by atoms with E-state index in [1.54, 1.807) is 0 Å². The van der Waals surface area contributed by atoms with Gasteiger partial charge in [0.25, 0.3) is 0 Å². The molecule has 3 rings (SSSR count). The SMILES string of the molecule is C[C@H](CCn1cccn1)NCCCc1nc2ccc(Cl)cc2[nH]1. The van der Waals surface area contributed by atoms with E-state index in [9.17, 15) is 0 Å². The first kappa shape index (κ1) is 16.0. The smallest absolute Gasteiger partial charge is 0.107 e. The molecule has 6 heteroatoms. The Hall–Kier alpha value is -1.85. The van der Waals surface area contributed by atoms with E-state index in [0.717, 1.165) is 54.2 Å². The predicted molar refractivity (Wildman–Crippen MR) is 93.7 cm³/mol. The summed E-state index contributed by atoms with van der Waals surface area (Å²) in [6, 6.07) is 8.18. The van der Waals surface area contributed by atoms with Gasteiger partial charge in [0.1, 0.15) is 5.82 Å². The van der Waals surface area contributed by atoms with Crippen LogP contribution in [-0.4, -0.2) is 32.3 Å². The number of imidazole rings is 1. The Morgan fingerprint density at radius 2 is 2.30 bits per heavy atom. The number of aromatic nitrogens is 4. The van der Waals surface area contributed by atoms with Crippen LogP contribution >= 0.6 is 11.6 Å². The van der Waals surface area contributed by atoms with Crippen LogP contribution in [0.2, 0.25) is 5.02 Å². The molecule has 0 spiro atoms. The van der Waals surface area contributed by atoms with E-state index in [2.05, 4.69) is 27.3 Å². The summed E-state index contributed by atoms with van der Waals surface area (Å²) in [6.45, 7) is 4.15. The Morgan fingerprint density at radius 3 is 3.13 bits per heavy atom. The highest BCUT2D eigenvalue weighted by Gasteiger charge is 2.05. The monoisotopic (exact) mass is 331 g/mol. The Labute approximate surface area is 141 Å². The van der Waals surface area contributed by atoms with Crippen molar-refractivity contribution >= 4 is 22.6 Å². The summed E-state index contributed by atoms with van der Waals surface area (Å²) in [4.78, 5) is 7.92. The van der Waals surface area contributed by atoms with Crippen molar-refractivity contribution in [3.63, 3.8) is 0 Å². The molecule has 0 fully saturated rings. The average molecular weight is 332 g/mol. The third-order valence-electron chi connectivity index (χ3n) is 3.93. The van der Waals surface area contributed by atoms with Gasteiger partial charge < -0.3 is 10.3 Å². The number of fused-ring (bicyclic) bond motifs is 1. The number of aryl methyl sites for hydroxylation is 2. The Kier molecular flexibility index (Phi) is 5.31. The normalized spacial score (nSPS) is 12.8. The summed E-state index contributed by atoms with van der Waals surface area (Å²) in [6.07, 6.45) is 6.88. The highest BCUT2D eigenvalue weighted by molar-refractivity contribution is 6.31. The molecule has 2 N–H and O–H groups in total. The quantitative estimate of drug-likeness (QED) is 0.622. The molecule has 0 bridgehead atoms. The zero-order valence-corrected chi connectivity index (χ0v) is 14.1. The Morgan fingerprint density at radius 1 is 1.39 bits per heavy atom. The van der Waals surface area contributed by atoms with Gasteiger partial charge >= 0.3 is 0 Å². The second kappa shape index (κ2) is 7.62. The molecule has 2 heterocycles. The lowest BCUT2D eigenvalue weighted by Crippen LogP contribution is -2.28. The molecule has 122 valence electrons. The van der Waals surface area contributed by atoms with Crippen LogP contribution in [0.15, 0.2) is 36.7 Å². The minimum atomic E-state index is 0.480. The van der Waals surface area contributed by atoms with Crippen molar-refractivity contribution in [3.8, 4) is 0 Å². The van der Waals surface area contributed by atoms with Gasteiger partial charge in [-0.1, -0.05) is 11.6 Å². The van der Waals surface area contributed by atoms with Crippen molar-refractivity contribution in [2.24, 2.45) is 0 Å². The number of H-pyrrole nitrogens is 1. The first-order valence-electron chi connectivity index (χ1n) is 8.05. The number of aromatic amines is 1. The fourth-order valence-electron chi connectivity index (χ4n) is 2.62. The number of hydrogen-bond donors (Lipinski definition) is 2. The Balaban J connectivity index is 1.38. The van der Waals surface area contributed by atoms with E-state index in [1.165, 1.54) is 0 Å². The molecule has 0 amide bonds. The second-order valence-corrected chi connectivity index (χ2v) is 6.30. The average Bonchev–Trinajstić information content (AvgIpc) is 3.18. The molecular formula is C17H22ClN5. The molecule has 23 heavy (non-hydrogen) atoms. The zero-order chi connectivity index (χ0) is 16.1. The van der Waals surface area contributed by atoms with E-state index in [0.29, 0.717) is 6.04 Å². The predicted octanol–water partition coefficient (Wildman–Crippen LogP) is 3.41. The molecule has 5 nitrogen and oxygen atoms in total. The third-order valence-corrected chi connectivity index (χ3v) is 4.16. The molecule has 0 aliphatic carbocycles. The van der Waals surface area contributed by atoms with Crippen LogP contribution in [0.4, 0.5) is 0 Å². The van der Waals surface area contributed by atoms with Crippen molar-refractivity contribution in [2.45, 2.75) is 38.8 Å². The molecule has 0 unspecified atom stereocenters. The van der Waals surface area contributed by atoms with Gasteiger partial charge in [-0.2, -0.15) is 5.10 Å². The first-order valence-corrected chi connectivity index (χ1v) is 8.43. The maximum absolute atomic E-state index is 5.99. The summed E-state index contributed by atoms with van der Waals surface area (Å²) in [5.74, 6) is 1.02. The van der Waals surface area contributed by atoms with Gasteiger partial charge in [-0.25, -0.2) is 4.98 Å². The van der Waals surface area contributed by atoms with Crippen LogP contribution in [0.3, 0.4) is 0 Å². The minimum absolute atomic E-state index is 0.480. The van der Waals surface area contributed by atoms with Gasteiger partial charge in [0, 0.05) is 36.4 Å². The summed E-state index contributed by atoms with van der Waals surface area (Å²) in [7, 11) is 0. The van der Waals surface area contributed by atoms with Crippen molar-refractivity contribution in [2.75, 3.05) is 6.54 Å². The number of nitrogens with zero attached hydrogens (tertiary/aromatic N) is 3. The van der Waals surface area contributed by atoms with E-state index in [-0.39, 0.29) is 0 Å². The lowest BCUT2D eigenvalue weighted by Gasteiger charge is -2.13. The van der Waals surface area contributed by atoms with Crippen molar-refractivity contribution < 1.29 is 0 Å². The molecule has 1 aromatic carbocycles. The summed E-state index contributed by atoms with van der Waals surface area (Å²) >= 11 is 5.99. The van der Waals surface area contributed by atoms with Gasteiger partial charge in [-0.3, -0.25) is 4.68 Å². The number of nitrogens with one attached hydrogen (secondary N) is 2. The topological polar surface area (TPSA) is 58.5 Å². The van der Waals surface area contributed by atoms with Crippen molar-refractivity contribution in [1.82, 2.24) is 25.1 Å². The molecule has 2 aromatic heterocycles. The van der Waals surface area contributed by atoms with Gasteiger partial charge in [-0.05, 0) is 50.6 Å². The molecule has 0 saturated carbocycles. The molecular weight excluding hydrogens is 310 g/mol. The van der Waals surface area contributed by atoms with Crippen molar-refractivity contribution in [3.05, 3.63) is 47.5 Å². The van der Waals surface area contributed by atoms with Crippen LogP contribution in [0, 0.1) is 0 Å². The van der Waals surface area contributed by atoms with E-state index < -0.39 is 0 Å². The second-order valence-electron chi connectivity index (χ2n) is 5.86. The van der Waals surface area contributed by atoms with E-state index in [4.69, 9.17) is 11.6 Å². The lowest BCUT2D eigenvalue weighted by molar-refractivity contribution is 0.455. The number of halogens is 1. The highest BCUT2D eigenvalue weighted by atomic mass is 35.5. The summed E-state index contributed by atoms with van der Waals surface area (Å²) < 4.78 is 1.97. The third kappa shape index (κ3) is 4.56. The van der Waals surface area contributed by atoms with Crippen LogP contribution in [0.5, 0.6) is 0 Å². The molecule has 0 saturated heterocycles. The van der Waals surface area contributed by atoms with Gasteiger partial charge in [0.2, 0.25) is 0 Å². The zero-order valence-electron chi connectivity index (χ0n) is 13.3. The van der Waals surface area contributed by atoms with Gasteiger partial charge in [0.05, 0.1) is 11.0 Å². The summed E-state index contributed by atoms with van der Waals surface area (Å²) in [5.41, 5.74) is 1.98. The molecule has 0 aliphatic heterocycles. The van der Waals surface area contributed by atoms with Crippen LogP contribution < -0.4 is 5.32 Å². The fourth-order valence-corrected chi connectivity index (χ4v) is 2.79. The van der Waals surface area contributed by atoms with Gasteiger partial charge in [-0.15, -0.1) is 0 Å². The maximum Gasteiger partial charge on any atom is 0.107 e. The van der Waals surface area contributed by atoms with E-state index in [1.807, 2.05) is 41.3 Å². The molecule has 0 radical (unpaired) electrons. The fraction of sp³-hybridized carbons (Fsp3) is 0.412.